The average Bonchev–Trinajstić information content (AvgIpc) is 2.73. The highest BCUT2D eigenvalue weighted by Crippen LogP contribution is 2.23. The lowest BCUT2D eigenvalue weighted by molar-refractivity contribution is 0.0514. The van der Waals surface area contributed by atoms with Crippen LogP contribution in [0.2, 0.25) is 0 Å². The summed E-state index contributed by atoms with van der Waals surface area (Å²) in [5.41, 5.74) is 2.11. The Morgan fingerprint density at radius 3 is 2.19 bits per heavy atom. The zero-order chi connectivity index (χ0) is 20.2. The van der Waals surface area contributed by atoms with Gasteiger partial charge in [0, 0.05) is 30.4 Å². The first-order valence-corrected chi connectivity index (χ1v) is 8.96. The molecule has 1 rings (SSSR count). The van der Waals surface area contributed by atoms with Crippen LogP contribution in [0, 0.1) is 13.8 Å². The Bertz CT molecular complexity index is 689. The molecule has 146 valence electrons. The second kappa shape index (κ2) is 8.87. The molecule has 0 unspecified atom stereocenters. The van der Waals surface area contributed by atoms with Crippen molar-refractivity contribution in [3.63, 3.8) is 0 Å². The van der Waals surface area contributed by atoms with Crippen LogP contribution in [0.5, 0.6) is 0 Å². The molecule has 0 fully saturated rings. The zero-order valence-corrected chi connectivity index (χ0v) is 17.1. The highest BCUT2D eigenvalue weighted by molar-refractivity contribution is 6.04. The van der Waals surface area contributed by atoms with Gasteiger partial charge in [-0.05, 0) is 54.0 Å². The molecule has 0 saturated heterocycles. The number of Topliss-reactive ketones (excluding diaryl/α,β-unsaturated/α-hetero) is 1. The summed E-state index contributed by atoms with van der Waals surface area (Å²) < 4.78 is 6.77. The molecule has 2 amide bonds. The van der Waals surface area contributed by atoms with Crippen molar-refractivity contribution in [2.75, 3.05) is 13.2 Å². The van der Waals surface area contributed by atoms with Crippen LogP contribution in [0.4, 0.5) is 4.79 Å². The van der Waals surface area contributed by atoms with Crippen molar-refractivity contribution in [2.45, 2.75) is 60.5 Å². The van der Waals surface area contributed by atoms with Gasteiger partial charge in [0.1, 0.15) is 5.69 Å². The fourth-order valence-corrected chi connectivity index (χ4v) is 2.93. The summed E-state index contributed by atoms with van der Waals surface area (Å²) in [5, 5.41) is 2.82. The molecule has 0 radical (unpaired) electrons. The molecule has 0 aliphatic carbocycles. The predicted octanol–water partition coefficient (Wildman–Crippen LogP) is 2.83. The monoisotopic (exact) mass is 365 g/mol. The number of nitrogens with zero attached hydrogens (tertiary/aromatic N) is 2. The van der Waals surface area contributed by atoms with Gasteiger partial charge in [-0.2, -0.15) is 0 Å². The topological polar surface area (TPSA) is 80.6 Å². The molecule has 1 aromatic heterocycles. The van der Waals surface area contributed by atoms with Gasteiger partial charge in [0.05, 0.1) is 13.2 Å². The van der Waals surface area contributed by atoms with Gasteiger partial charge >= 0.3 is 12.0 Å². The Balaban J connectivity index is 3.18. The number of ether oxygens (including phenoxy) is 1. The molecule has 0 bridgehead atoms. The summed E-state index contributed by atoms with van der Waals surface area (Å²) in [7, 11) is 1.73. The Morgan fingerprint density at radius 2 is 1.73 bits per heavy atom. The number of carbonyl (C=O) groups excluding carboxylic acids is 3. The number of ketones is 1. The zero-order valence-electron chi connectivity index (χ0n) is 17.1. The largest absolute Gasteiger partial charge is 0.461 e. The lowest BCUT2D eigenvalue weighted by atomic mass is 10.0. The molecule has 0 atom stereocenters. The molecule has 0 aliphatic heterocycles. The van der Waals surface area contributed by atoms with Crippen LogP contribution in [0.15, 0.2) is 0 Å². The van der Waals surface area contributed by atoms with E-state index in [0.29, 0.717) is 22.5 Å². The van der Waals surface area contributed by atoms with Gasteiger partial charge in [0.25, 0.3) is 0 Å². The fourth-order valence-electron chi connectivity index (χ4n) is 2.93. The molecule has 1 N–H and O–H groups in total. The SMILES string of the molecule is CCOC(=O)c1c(C)c(C(=O)CN(C(=O)NC(C)C)C(C)C)c(C)n1C. The third-order valence-corrected chi connectivity index (χ3v) is 4.29. The molecular weight excluding hydrogens is 334 g/mol. The molecule has 0 aromatic carbocycles. The van der Waals surface area contributed by atoms with Crippen molar-refractivity contribution < 1.29 is 19.1 Å². The summed E-state index contributed by atoms with van der Waals surface area (Å²) in [5.74, 6) is -0.647. The lowest BCUT2D eigenvalue weighted by Crippen LogP contribution is -2.48. The fraction of sp³-hybridized carbons (Fsp3) is 0.632. The molecule has 7 heteroatoms. The van der Waals surface area contributed by atoms with E-state index in [0.717, 1.165) is 0 Å². The van der Waals surface area contributed by atoms with E-state index in [1.807, 2.05) is 27.7 Å². The van der Waals surface area contributed by atoms with Gasteiger partial charge < -0.3 is 19.5 Å². The number of urea groups is 1. The summed E-state index contributed by atoms with van der Waals surface area (Å²) in [6, 6.07) is -0.429. The second-order valence-electron chi connectivity index (χ2n) is 6.96. The van der Waals surface area contributed by atoms with Crippen molar-refractivity contribution in [3.05, 3.63) is 22.5 Å². The Hall–Kier alpha value is -2.31. The molecule has 0 saturated carbocycles. The van der Waals surface area contributed by atoms with E-state index in [4.69, 9.17) is 4.74 Å². The van der Waals surface area contributed by atoms with Gasteiger partial charge in [0.2, 0.25) is 0 Å². The van der Waals surface area contributed by atoms with Gasteiger partial charge in [-0.1, -0.05) is 0 Å². The van der Waals surface area contributed by atoms with Crippen LogP contribution < -0.4 is 5.32 Å². The first-order chi connectivity index (χ1) is 12.0. The van der Waals surface area contributed by atoms with E-state index in [-0.39, 0.29) is 37.0 Å². The van der Waals surface area contributed by atoms with Crippen LogP contribution in [-0.2, 0) is 11.8 Å². The molecule has 1 aromatic rings. The van der Waals surface area contributed by atoms with Crippen LogP contribution >= 0.6 is 0 Å². The summed E-state index contributed by atoms with van der Waals surface area (Å²) >= 11 is 0. The maximum absolute atomic E-state index is 13.0. The van der Waals surface area contributed by atoms with E-state index in [9.17, 15) is 14.4 Å². The third-order valence-electron chi connectivity index (χ3n) is 4.29. The first kappa shape index (κ1) is 21.7. The summed E-state index contributed by atoms with van der Waals surface area (Å²) in [6.07, 6.45) is 0. The van der Waals surface area contributed by atoms with E-state index >= 15 is 0 Å². The highest BCUT2D eigenvalue weighted by atomic mass is 16.5. The number of carbonyl (C=O) groups is 3. The predicted molar refractivity (Wildman–Crippen MR) is 101 cm³/mol. The van der Waals surface area contributed by atoms with Gasteiger partial charge in [-0.15, -0.1) is 0 Å². The quantitative estimate of drug-likeness (QED) is 0.595. The van der Waals surface area contributed by atoms with Crippen LogP contribution in [0.3, 0.4) is 0 Å². The van der Waals surface area contributed by atoms with Gasteiger partial charge in [-0.3, -0.25) is 4.79 Å². The van der Waals surface area contributed by atoms with Gasteiger partial charge in [0.15, 0.2) is 5.78 Å². The molecule has 26 heavy (non-hydrogen) atoms. The van der Waals surface area contributed by atoms with E-state index in [1.54, 1.807) is 32.4 Å². The molecule has 0 aliphatic rings. The maximum atomic E-state index is 13.0. The molecule has 7 nitrogen and oxygen atoms in total. The molecule has 1 heterocycles. The normalized spacial score (nSPS) is 11.0. The van der Waals surface area contributed by atoms with Crippen LogP contribution in [0.25, 0.3) is 0 Å². The van der Waals surface area contributed by atoms with Crippen molar-refractivity contribution in [3.8, 4) is 0 Å². The van der Waals surface area contributed by atoms with Crippen LogP contribution in [-0.4, -0.2) is 52.5 Å². The minimum Gasteiger partial charge on any atom is -0.461 e. The standard InChI is InChI=1S/C19H31N3O4/c1-9-26-18(24)17-13(6)16(14(7)21(17)8)15(23)10-22(12(4)5)19(25)20-11(2)3/h11-12H,9-10H2,1-8H3,(H,20,25). The van der Waals surface area contributed by atoms with Gasteiger partial charge in [-0.25, -0.2) is 9.59 Å². The maximum Gasteiger partial charge on any atom is 0.355 e. The molecule has 0 spiro atoms. The minimum atomic E-state index is -0.451. The van der Waals surface area contributed by atoms with E-state index < -0.39 is 5.97 Å². The number of nitrogens with one attached hydrogen (secondary N) is 1. The number of aromatic nitrogens is 1. The Kier molecular flexibility index (Phi) is 7.41. The summed E-state index contributed by atoms with van der Waals surface area (Å²) in [6.45, 7) is 12.9. The second-order valence-corrected chi connectivity index (χ2v) is 6.96. The number of esters is 1. The smallest absolute Gasteiger partial charge is 0.355 e. The average molecular weight is 365 g/mol. The van der Waals surface area contributed by atoms with Crippen LogP contribution in [0.1, 0.15) is 66.7 Å². The number of hydrogen-bond donors (Lipinski definition) is 1. The number of rotatable bonds is 7. The minimum absolute atomic E-state index is 0.0190. The Labute approximate surface area is 155 Å². The van der Waals surface area contributed by atoms with E-state index in [1.165, 1.54) is 4.90 Å². The molecular formula is C19H31N3O4. The lowest BCUT2D eigenvalue weighted by Gasteiger charge is -2.27. The first-order valence-electron chi connectivity index (χ1n) is 8.96. The Morgan fingerprint density at radius 1 is 1.15 bits per heavy atom. The van der Waals surface area contributed by atoms with Crippen molar-refractivity contribution >= 4 is 17.8 Å². The van der Waals surface area contributed by atoms with E-state index in [2.05, 4.69) is 5.32 Å². The number of hydrogen-bond acceptors (Lipinski definition) is 4. The highest BCUT2D eigenvalue weighted by Gasteiger charge is 2.28. The third kappa shape index (κ3) is 4.65. The van der Waals surface area contributed by atoms with Crippen molar-refractivity contribution in [1.29, 1.82) is 0 Å². The van der Waals surface area contributed by atoms with Crippen molar-refractivity contribution in [2.24, 2.45) is 7.05 Å². The van der Waals surface area contributed by atoms with Crippen molar-refractivity contribution in [1.82, 2.24) is 14.8 Å². The summed E-state index contributed by atoms with van der Waals surface area (Å²) in [4.78, 5) is 39.0. The number of amides is 2.